The predicted octanol–water partition coefficient (Wildman–Crippen LogP) is 1.60. The van der Waals surface area contributed by atoms with Crippen LogP contribution in [-0.4, -0.2) is 43.5 Å². The van der Waals surface area contributed by atoms with E-state index in [0.717, 1.165) is 45.3 Å². The highest BCUT2D eigenvalue weighted by Gasteiger charge is 2.17. The van der Waals surface area contributed by atoms with Crippen LogP contribution in [0.1, 0.15) is 46.5 Å². The summed E-state index contributed by atoms with van der Waals surface area (Å²) in [4.78, 5) is 13.6. The molecular formula is C14H31N3O. The summed E-state index contributed by atoms with van der Waals surface area (Å²) in [5.41, 5.74) is 5.37. The molecule has 0 radical (unpaired) electrons. The van der Waals surface area contributed by atoms with Crippen LogP contribution >= 0.6 is 0 Å². The second-order valence-electron chi connectivity index (χ2n) is 4.98. The number of nitrogens with two attached hydrogens (primary N) is 1. The van der Waals surface area contributed by atoms with Crippen molar-refractivity contribution in [2.45, 2.75) is 52.5 Å². The summed E-state index contributed by atoms with van der Waals surface area (Å²) in [6.45, 7) is 9.41. The molecule has 0 heterocycles. The molecule has 0 aromatic rings. The van der Waals surface area contributed by atoms with E-state index in [2.05, 4.69) is 31.1 Å². The van der Waals surface area contributed by atoms with Crippen molar-refractivity contribution in [1.29, 1.82) is 0 Å². The van der Waals surface area contributed by atoms with Gasteiger partial charge in [-0.2, -0.15) is 0 Å². The Hall–Kier alpha value is -0.610. The molecule has 1 amide bonds. The molecule has 0 aliphatic heterocycles. The largest absolute Gasteiger partial charge is 0.369 e. The molecule has 0 saturated carbocycles. The van der Waals surface area contributed by atoms with Crippen molar-refractivity contribution in [2.24, 2.45) is 11.7 Å². The Bertz CT molecular complexity index is 221. The molecular weight excluding hydrogens is 226 g/mol. The second kappa shape index (κ2) is 10.3. The maximum absolute atomic E-state index is 11.2. The van der Waals surface area contributed by atoms with Gasteiger partial charge < -0.3 is 16.0 Å². The Morgan fingerprint density at radius 3 is 2.33 bits per heavy atom. The second-order valence-corrected chi connectivity index (χ2v) is 4.98. The Morgan fingerprint density at radius 1 is 1.22 bits per heavy atom. The molecule has 0 aliphatic carbocycles. The van der Waals surface area contributed by atoms with E-state index >= 15 is 0 Å². The summed E-state index contributed by atoms with van der Waals surface area (Å²) in [7, 11) is 2.15. The molecule has 0 aliphatic rings. The van der Waals surface area contributed by atoms with E-state index in [4.69, 9.17) is 5.73 Å². The van der Waals surface area contributed by atoms with E-state index in [-0.39, 0.29) is 11.8 Å². The zero-order valence-electron chi connectivity index (χ0n) is 12.5. The third-order valence-corrected chi connectivity index (χ3v) is 3.72. The standard InChI is InChI=1S/C14H31N3O/c1-5-12(14(15)18)9-11-17(4)13(6-2)8-10-16-7-3/h12-13,16H,5-11H2,1-4H3,(H2,15,18). The van der Waals surface area contributed by atoms with Crippen LogP contribution in [0.3, 0.4) is 0 Å². The quantitative estimate of drug-likeness (QED) is 0.553. The zero-order chi connectivity index (χ0) is 14.0. The van der Waals surface area contributed by atoms with Gasteiger partial charge in [-0.15, -0.1) is 0 Å². The SMILES string of the molecule is CCNCCC(CC)N(C)CCC(CC)C(N)=O. The third-order valence-electron chi connectivity index (χ3n) is 3.72. The van der Waals surface area contributed by atoms with Gasteiger partial charge in [0.2, 0.25) is 5.91 Å². The molecule has 108 valence electrons. The van der Waals surface area contributed by atoms with Crippen LogP contribution < -0.4 is 11.1 Å². The van der Waals surface area contributed by atoms with E-state index in [1.165, 1.54) is 0 Å². The number of rotatable bonds is 11. The van der Waals surface area contributed by atoms with Gasteiger partial charge in [0.05, 0.1) is 0 Å². The highest BCUT2D eigenvalue weighted by atomic mass is 16.1. The van der Waals surface area contributed by atoms with Gasteiger partial charge in [-0.1, -0.05) is 20.8 Å². The number of nitrogens with zero attached hydrogens (tertiary/aromatic N) is 1. The molecule has 0 fully saturated rings. The monoisotopic (exact) mass is 257 g/mol. The first-order chi connectivity index (χ1) is 8.56. The molecule has 4 heteroatoms. The van der Waals surface area contributed by atoms with Crippen molar-refractivity contribution in [3.05, 3.63) is 0 Å². The maximum atomic E-state index is 11.2. The fourth-order valence-electron chi connectivity index (χ4n) is 2.27. The van der Waals surface area contributed by atoms with Crippen LogP contribution in [-0.2, 0) is 4.79 Å². The highest BCUT2D eigenvalue weighted by molar-refractivity contribution is 5.76. The van der Waals surface area contributed by atoms with Crippen molar-refractivity contribution in [2.75, 3.05) is 26.7 Å². The normalized spacial score (nSPS) is 14.7. The number of carbonyl (C=O) groups is 1. The molecule has 0 rings (SSSR count). The molecule has 2 atom stereocenters. The first kappa shape index (κ1) is 17.4. The van der Waals surface area contributed by atoms with Gasteiger partial charge in [0.1, 0.15) is 0 Å². The lowest BCUT2D eigenvalue weighted by molar-refractivity contribution is -0.122. The number of amides is 1. The number of hydrogen-bond donors (Lipinski definition) is 2. The first-order valence-electron chi connectivity index (χ1n) is 7.26. The molecule has 0 saturated heterocycles. The summed E-state index contributed by atoms with van der Waals surface area (Å²) in [6.07, 6.45) is 4.03. The highest BCUT2D eigenvalue weighted by Crippen LogP contribution is 2.12. The molecule has 0 bridgehead atoms. The van der Waals surface area contributed by atoms with Gasteiger partial charge >= 0.3 is 0 Å². The fraction of sp³-hybridized carbons (Fsp3) is 0.929. The van der Waals surface area contributed by atoms with E-state index in [1.807, 2.05) is 6.92 Å². The van der Waals surface area contributed by atoms with Crippen molar-refractivity contribution >= 4 is 5.91 Å². The zero-order valence-corrected chi connectivity index (χ0v) is 12.5. The van der Waals surface area contributed by atoms with Gasteiger partial charge in [0.25, 0.3) is 0 Å². The van der Waals surface area contributed by atoms with Gasteiger partial charge in [-0.25, -0.2) is 0 Å². The molecule has 0 aromatic heterocycles. The van der Waals surface area contributed by atoms with Crippen molar-refractivity contribution in [1.82, 2.24) is 10.2 Å². The lowest BCUT2D eigenvalue weighted by Gasteiger charge is -2.28. The lowest BCUT2D eigenvalue weighted by atomic mass is 10.0. The Balaban J connectivity index is 4.02. The van der Waals surface area contributed by atoms with E-state index in [1.54, 1.807) is 0 Å². The van der Waals surface area contributed by atoms with E-state index in [9.17, 15) is 4.79 Å². The van der Waals surface area contributed by atoms with Crippen LogP contribution in [0.5, 0.6) is 0 Å². The summed E-state index contributed by atoms with van der Waals surface area (Å²) in [5, 5.41) is 3.36. The van der Waals surface area contributed by atoms with Gasteiger partial charge in [-0.05, 0) is 52.4 Å². The molecule has 0 spiro atoms. The summed E-state index contributed by atoms with van der Waals surface area (Å²) in [6, 6.07) is 0.592. The smallest absolute Gasteiger partial charge is 0.220 e. The predicted molar refractivity (Wildman–Crippen MR) is 77.5 cm³/mol. The Kier molecular flexibility index (Phi) is 9.98. The topological polar surface area (TPSA) is 58.4 Å². The van der Waals surface area contributed by atoms with E-state index in [0.29, 0.717) is 6.04 Å². The minimum Gasteiger partial charge on any atom is -0.369 e. The van der Waals surface area contributed by atoms with Crippen LogP contribution in [0.25, 0.3) is 0 Å². The van der Waals surface area contributed by atoms with Gasteiger partial charge in [0, 0.05) is 12.0 Å². The van der Waals surface area contributed by atoms with E-state index < -0.39 is 0 Å². The number of primary amides is 1. The minimum atomic E-state index is -0.161. The molecule has 3 N–H and O–H groups in total. The average molecular weight is 257 g/mol. The first-order valence-corrected chi connectivity index (χ1v) is 7.26. The summed E-state index contributed by atoms with van der Waals surface area (Å²) < 4.78 is 0. The molecule has 0 aromatic carbocycles. The number of carbonyl (C=O) groups excluding carboxylic acids is 1. The van der Waals surface area contributed by atoms with Gasteiger partial charge in [0.15, 0.2) is 0 Å². The van der Waals surface area contributed by atoms with Crippen LogP contribution in [0.4, 0.5) is 0 Å². The Labute approximate surface area is 112 Å². The average Bonchev–Trinajstić information content (AvgIpc) is 2.34. The molecule has 18 heavy (non-hydrogen) atoms. The fourth-order valence-corrected chi connectivity index (χ4v) is 2.27. The van der Waals surface area contributed by atoms with Crippen LogP contribution in [0.15, 0.2) is 0 Å². The minimum absolute atomic E-state index is 0.0266. The summed E-state index contributed by atoms with van der Waals surface area (Å²) >= 11 is 0. The molecule has 4 nitrogen and oxygen atoms in total. The van der Waals surface area contributed by atoms with Gasteiger partial charge in [-0.3, -0.25) is 4.79 Å². The Morgan fingerprint density at radius 2 is 1.89 bits per heavy atom. The number of nitrogens with one attached hydrogen (secondary N) is 1. The molecule has 2 unspecified atom stereocenters. The summed E-state index contributed by atoms with van der Waals surface area (Å²) in [5.74, 6) is -0.134. The lowest BCUT2D eigenvalue weighted by Crippen LogP contribution is -2.36. The van der Waals surface area contributed by atoms with Crippen LogP contribution in [0, 0.1) is 5.92 Å². The van der Waals surface area contributed by atoms with Crippen LogP contribution in [0.2, 0.25) is 0 Å². The maximum Gasteiger partial charge on any atom is 0.220 e. The van der Waals surface area contributed by atoms with Crippen molar-refractivity contribution in [3.63, 3.8) is 0 Å². The third kappa shape index (κ3) is 6.97. The van der Waals surface area contributed by atoms with Crippen molar-refractivity contribution < 1.29 is 4.79 Å². The number of hydrogen-bond acceptors (Lipinski definition) is 3. The van der Waals surface area contributed by atoms with Crippen molar-refractivity contribution in [3.8, 4) is 0 Å².